The van der Waals surface area contributed by atoms with Crippen molar-refractivity contribution in [1.82, 2.24) is 9.99 Å². The smallest absolute Gasteiger partial charge is 0.0788 e. The minimum absolute atomic E-state index is 0.0995. The summed E-state index contributed by atoms with van der Waals surface area (Å²) in [6.45, 7) is 34.5. The fraction of sp³-hybridized carbons (Fsp3) is 0.292. The van der Waals surface area contributed by atoms with Gasteiger partial charge in [-0.15, -0.1) is 13.2 Å². The van der Waals surface area contributed by atoms with Crippen LogP contribution in [-0.2, 0) is 6.42 Å². The molecule has 0 amide bonds. The van der Waals surface area contributed by atoms with E-state index in [1.54, 1.807) is 12.2 Å². The molecule has 0 saturated carbocycles. The van der Waals surface area contributed by atoms with Crippen molar-refractivity contribution in [2.75, 3.05) is 12.5 Å². The maximum absolute atomic E-state index is 4.50. The molecule has 288 valence electrons. The van der Waals surface area contributed by atoms with Crippen molar-refractivity contribution in [1.29, 1.82) is 0 Å². The number of fused-ring (bicyclic) bond motifs is 5. The minimum atomic E-state index is 0.0995. The van der Waals surface area contributed by atoms with E-state index in [1.807, 2.05) is 111 Å². The average molecular weight is 735 g/mol. The Balaban J connectivity index is 0. The minimum Gasteiger partial charge on any atom is -0.364 e. The van der Waals surface area contributed by atoms with Crippen molar-refractivity contribution in [3.63, 3.8) is 0 Å². The lowest BCUT2D eigenvalue weighted by Gasteiger charge is -2.18. The van der Waals surface area contributed by atoms with Gasteiger partial charge in [0.15, 0.2) is 0 Å². The first-order valence-corrected chi connectivity index (χ1v) is 19.7. The van der Waals surface area contributed by atoms with Crippen LogP contribution >= 0.6 is 11.8 Å². The van der Waals surface area contributed by atoms with Gasteiger partial charge in [-0.25, -0.2) is 0 Å². The van der Waals surface area contributed by atoms with Gasteiger partial charge in [0.1, 0.15) is 0 Å². The van der Waals surface area contributed by atoms with E-state index in [0.717, 1.165) is 18.4 Å². The molecule has 2 aliphatic heterocycles. The van der Waals surface area contributed by atoms with E-state index >= 15 is 0 Å². The summed E-state index contributed by atoms with van der Waals surface area (Å²) in [5.41, 5.74) is 18.3. The molecule has 0 saturated heterocycles. The van der Waals surface area contributed by atoms with Crippen molar-refractivity contribution < 1.29 is 0 Å². The molecule has 2 aromatic rings. The highest BCUT2D eigenvalue weighted by Gasteiger charge is 2.27. The lowest BCUT2D eigenvalue weighted by atomic mass is 9.99. The number of thioether (sulfide) groups is 1. The first kappa shape index (κ1) is 50.4. The molecule has 0 spiro atoms. The molecule has 4 N–H and O–H groups in total. The maximum atomic E-state index is 4.50. The van der Waals surface area contributed by atoms with Gasteiger partial charge < -0.3 is 16.5 Å². The average Bonchev–Trinajstić information content (AvgIpc) is 3.89. The fourth-order valence-electron chi connectivity index (χ4n) is 5.18. The summed E-state index contributed by atoms with van der Waals surface area (Å²) in [7, 11) is 1.50. The maximum Gasteiger partial charge on any atom is 0.0788 e. The van der Waals surface area contributed by atoms with Gasteiger partial charge in [-0.1, -0.05) is 158 Å². The van der Waals surface area contributed by atoms with Crippen LogP contribution in [0, 0.1) is 0 Å². The van der Waals surface area contributed by atoms with E-state index < -0.39 is 0 Å². The van der Waals surface area contributed by atoms with E-state index in [4.69, 9.17) is 0 Å². The van der Waals surface area contributed by atoms with Crippen LogP contribution in [0.3, 0.4) is 0 Å². The van der Waals surface area contributed by atoms with Gasteiger partial charge in [-0.2, -0.15) is 0 Å². The van der Waals surface area contributed by atoms with Crippen molar-refractivity contribution in [2.45, 2.75) is 93.0 Å². The Hall–Kier alpha value is -4.71. The van der Waals surface area contributed by atoms with Gasteiger partial charge in [-0.05, 0) is 87.1 Å². The summed E-state index contributed by atoms with van der Waals surface area (Å²) in [5.74, 6) is 0. The number of nitrogens with two attached hydrogens (primary N) is 1. The highest BCUT2D eigenvalue weighted by Crippen LogP contribution is 2.46. The quantitative estimate of drug-likeness (QED) is 0.211. The van der Waals surface area contributed by atoms with Crippen LogP contribution in [0.4, 0.5) is 0 Å². The Bertz CT molecular complexity index is 1630. The van der Waals surface area contributed by atoms with Gasteiger partial charge in [0.25, 0.3) is 0 Å². The molecule has 6 rings (SSSR count). The van der Waals surface area contributed by atoms with E-state index in [1.165, 1.54) is 56.2 Å². The largest absolute Gasteiger partial charge is 0.364 e. The Morgan fingerprint density at radius 1 is 0.849 bits per heavy atom. The number of hydrogen-bond donors (Lipinski definition) is 3. The van der Waals surface area contributed by atoms with E-state index in [0.29, 0.717) is 0 Å². The number of aromatic nitrogens is 1. The lowest BCUT2D eigenvalue weighted by molar-refractivity contribution is 0.815. The number of benzene rings is 1. The van der Waals surface area contributed by atoms with Crippen LogP contribution in [0.2, 0.25) is 0 Å². The molecule has 1 aromatic heterocycles. The molecule has 0 fully saturated rings. The lowest BCUT2D eigenvalue weighted by Crippen LogP contribution is -2.26. The molecule has 2 aliphatic carbocycles. The summed E-state index contributed by atoms with van der Waals surface area (Å²) in [6, 6.07) is 8.83. The Morgan fingerprint density at radius 3 is 2.09 bits per heavy atom. The second-order valence-corrected chi connectivity index (χ2v) is 11.7. The van der Waals surface area contributed by atoms with Gasteiger partial charge in [0.2, 0.25) is 0 Å². The topological polar surface area (TPSA) is 55.0 Å². The van der Waals surface area contributed by atoms with Crippen molar-refractivity contribution >= 4 is 23.9 Å². The third kappa shape index (κ3) is 16.2. The van der Waals surface area contributed by atoms with E-state index in [-0.39, 0.29) is 6.04 Å². The monoisotopic (exact) mass is 735 g/mol. The summed E-state index contributed by atoms with van der Waals surface area (Å²) in [6.07, 6.45) is 34.7. The third-order valence-corrected chi connectivity index (χ3v) is 7.90. The number of rotatable bonds is 5. The zero-order valence-corrected chi connectivity index (χ0v) is 35.6. The second-order valence-electron chi connectivity index (χ2n) is 10.4. The highest BCUT2D eigenvalue weighted by atomic mass is 32.2. The molecule has 0 radical (unpaired) electrons. The predicted octanol–water partition coefficient (Wildman–Crippen LogP) is 13.9. The van der Waals surface area contributed by atoms with Gasteiger partial charge >= 0.3 is 0 Å². The summed E-state index contributed by atoms with van der Waals surface area (Å²) in [5, 5.41) is 3.24. The molecule has 1 atom stereocenters. The Morgan fingerprint density at radius 2 is 1.47 bits per heavy atom. The molecular weight excluding hydrogens is 665 g/mol. The van der Waals surface area contributed by atoms with Crippen LogP contribution in [0.5, 0.6) is 0 Å². The SMILES string of the molecule is C=C1/C=C\C=C/NC2=C1C=CC2.C=CC.C=CC.C=CC=CC(/C=C\C)Nn1c2c(c3c1C=C(C)Sc1ccccc1-3)CC=C2.CC.CC.CC.CN. The number of nitrogens with one attached hydrogen (secondary N) is 2. The highest BCUT2D eigenvalue weighted by molar-refractivity contribution is 8.03. The molecule has 4 aliphatic rings. The number of nitrogens with zero attached hydrogens (tertiary/aromatic N) is 1. The van der Waals surface area contributed by atoms with E-state index in [2.05, 4.69) is 127 Å². The van der Waals surface area contributed by atoms with Crippen LogP contribution in [-0.4, -0.2) is 17.8 Å². The Labute approximate surface area is 329 Å². The molecule has 53 heavy (non-hydrogen) atoms. The molecule has 1 unspecified atom stereocenters. The molecule has 0 bridgehead atoms. The first-order valence-electron chi connectivity index (χ1n) is 18.9. The standard InChI is InChI=1S/C24H24N2S.C11H11N.2C3H6.3C2H6.CH5N/c1-4-6-11-18(10-5-2)25-26-21-14-9-13-19(21)24-20-12-7-8-15-23(20)27-17(3)16-22(24)26;1-9-5-2-3-8-12-11-7-4-6-10(9)11;2*1-3-2;4*1-2/h4-12,14-16,18,25H,1,13H2,2-3H3;2-6,8,12H,1,7H2;2*3H,1H2,2H3;3*1-2H3;2H2,1H3/b10-5-,11-6?;5-2-,8-3-;;;;;;. The summed E-state index contributed by atoms with van der Waals surface area (Å²) >= 11 is 1.85. The van der Waals surface area contributed by atoms with Crippen LogP contribution < -0.4 is 16.5 Å². The molecule has 4 nitrogen and oxygen atoms in total. The van der Waals surface area contributed by atoms with Crippen molar-refractivity contribution in [3.8, 4) is 11.1 Å². The molecule has 3 heterocycles. The number of allylic oxidation sites excluding steroid dienone is 14. The fourth-order valence-corrected chi connectivity index (χ4v) is 6.12. The molecule has 5 heteroatoms. The van der Waals surface area contributed by atoms with Crippen LogP contribution in [0.15, 0.2) is 162 Å². The molecule has 1 aromatic carbocycles. The van der Waals surface area contributed by atoms with Gasteiger partial charge in [-0.3, -0.25) is 4.68 Å². The van der Waals surface area contributed by atoms with Crippen molar-refractivity contribution in [2.24, 2.45) is 5.73 Å². The van der Waals surface area contributed by atoms with Gasteiger partial charge in [0, 0.05) is 34.3 Å². The first-order chi connectivity index (χ1) is 25.9. The summed E-state index contributed by atoms with van der Waals surface area (Å²) in [4.78, 5) is 2.63. The predicted molar refractivity (Wildman–Crippen MR) is 247 cm³/mol. The molecular formula is C48H70N4S. The van der Waals surface area contributed by atoms with E-state index in [9.17, 15) is 0 Å². The zero-order chi connectivity index (χ0) is 40.6. The van der Waals surface area contributed by atoms with Crippen molar-refractivity contribution in [3.05, 3.63) is 174 Å². The van der Waals surface area contributed by atoms with Crippen LogP contribution in [0.25, 0.3) is 23.3 Å². The third-order valence-electron chi connectivity index (χ3n) is 6.89. The zero-order valence-electron chi connectivity index (χ0n) is 34.8. The van der Waals surface area contributed by atoms with Crippen LogP contribution in [0.1, 0.15) is 92.6 Å². The Kier molecular flexibility index (Phi) is 30.4. The summed E-state index contributed by atoms with van der Waals surface area (Å²) < 4.78 is 2.26. The normalized spacial score (nSPS) is 14.9. The number of hydrogen-bond acceptors (Lipinski definition) is 4. The van der Waals surface area contributed by atoms with Gasteiger partial charge in [0.05, 0.1) is 17.4 Å². The second kappa shape index (κ2) is 32.0.